The highest BCUT2D eigenvalue weighted by atomic mass is 32.2. The Labute approximate surface area is 217 Å². The zero-order valence-electron chi connectivity index (χ0n) is 20.0. The van der Waals surface area contributed by atoms with E-state index < -0.39 is 41.7 Å². The van der Waals surface area contributed by atoms with Gasteiger partial charge >= 0.3 is 12.4 Å². The molecule has 1 aliphatic rings. The van der Waals surface area contributed by atoms with E-state index in [1.165, 1.54) is 30.0 Å². The van der Waals surface area contributed by atoms with Crippen LogP contribution in [-0.4, -0.2) is 40.2 Å². The number of amides is 1. The third-order valence-corrected chi connectivity index (χ3v) is 6.36. The molecule has 0 aliphatic carbocycles. The predicted octanol–water partition coefficient (Wildman–Crippen LogP) is 6.78. The molecule has 0 saturated heterocycles. The second kappa shape index (κ2) is 10.4. The Hall–Kier alpha value is -3.35. The first-order chi connectivity index (χ1) is 17.8. The molecule has 1 aliphatic heterocycles. The summed E-state index contributed by atoms with van der Waals surface area (Å²) in [6.07, 6.45) is -8.09. The van der Waals surface area contributed by atoms with Crippen molar-refractivity contribution in [2.24, 2.45) is 0 Å². The van der Waals surface area contributed by atoms with Gasteiger partial charge in [-0.15, -0.1) is 0 Å². The number of alkyl halides is 6. The van der Waals surface area contributed by atoms with Gasteiger partial charge < -0.3 is 9.64 Å². The Morgan fingerprint density at radius 2 is 1.66 bits per heavy atom. The van der Waals surface area contributed by atoms with E-state index in [0.717, 1.165) is 4.90 Å². The van der Waals surface area contributed by atoms with Gasteiger partial charge in [0.1, 0.15) is 11.4 Å². The fourth-order valence-electron chi connectivity index (χ4n) is 4.06. The van der Waals surface area contributed by atoms with E-state index in [4.69, 9.17) is 4.74 Å². The summed E-state index contributed by atoms with van der Waals surface area (Å²) in [7, 11) is 0. The average molecular weight is 560 g/mol. The van der Waals surface area contributed by atoms with Gasteiger partial charge in [-0.25, -0.2) is 9.37 Å². The van der Waals surface area contributed by atoms with E-state index in [0.29, 0.717) is 23.3 Å². The Bertz CT molecular complexity index is 1340. The largest absolute Gasteiger partial charge is 0.477 e. The van der Waals surface area contributed by atoms with Crippen LogP contribution >= 0.6 is 11.8 Å². The van der Waals surface area contributed by atoms with Gasteiger partial charge in [-0.05, 0) is 67.1 Å². The average Bonchev–Trinajstić information content (AvgIpc) is 2.82. The molecule has 0 fully saturated rings. The van der Waals surface area contributed by atoms with Crippen molar-refractivity contribution in [1.29, 1.82) is 0 Å². The summed E-state index contributed by atoms with van der Waals surface area (Å²) in [5, 5.41) is 0.259. The standard InChI is InChI=1S/C25H20F7N3O2S/c1-13-8-17(26)4-5-18(13)20-19-21(34-23(33-20)38-2)37-7-3-6-35(22(19)36)12-14-9-15(24(27,28)29)11-16(10-14)25(30,31)32/h4-5,8-11H,3,6-7,12H2,1-2H3. The van der Waals surface area contributed by atoms with Crippen molar-refractivity contribution in [2.45, 2.75) is 37.4 Å². The summed E-state index contributed by atoms with van der Waals surface area (Å²) >= 11 is 1.17. The number of ether oxygens (including phenoxy) is 1. The summed E-state index contributed by atoms with van der Waals surface area (Å²) in [6, 6.07) is 5.08. The van der Waals surface area contributed by atoms with Crippen molar-refractivity contribution < 1.29 is 40.3 Å². The highest BCUT2D eigenvalue weighted by Gasteiger charge is 2.37. The first kappa shape index (κ1) is 27.7. The molecule has 5 nitrogen and oxygen atoms in total. The maximum absolute atomic E-state index is 13.8. The zero-order valence-corrected chi connectivity index (χ0v) is 20.8. The van der Waals surface area contributed by atoms with Crippen LogP contribution in [0, 0.1) is 12.7 Å². The van der Waals surface area contributed by atoms with Crippen LogP contribution in [0.25, 0.3) is 11.3 Å². The lowest BCUT2D eigenvalue weighted by molar-refractivity contribution is -0.143. The number of halogens is 7. The number of hydrogen-bond donors (Lipinski definition) is 0. The highest BCUT2D eigenvalue weighted by Crippen LogP contribution is 2.38. The lowest BCUT2D eigenvalue weighted by atomic mass is 10.00. The molecule has 4 rings (SSSR count). The minimum absolute atomic E-state index is 0.0119. The van der Waals surface area contributed by atoms with Gasteiger partial charge in [0.15, 0.2) is 5.16 Å². The van der Waals surface area contributed by atoms with E-state index in [9.17, 15) is 35.5 Å². The molecular weight excluding hydrogens is 539 g/mol. The summed E-state index contributed by atoms with van der Waals surface area (Å²) in [5.41, 5.74) is -2.43. The molecule has 2 aromatic carbocycles. The molecule has 2 heterocycles. The number of aromatic nitrogens is 2. The third kappa shape index (κ3) is 5.87. The smallest absolute Gasteiger partial charge is 0.416 e. The quantitative estimate of drug-likeness (QED) is 0.201. The van der Waals surface area contributed by atoms with Gasteiger partial charge in [-0.3, -0.25) is 4.79 Å². The van der Waals surface area contributed by atoms with Crippen LogP contribution in [0.3, 0.4) is 0 Å². The SMILES string of the molecule is CSc1nc2c(c(-c3ccc(F)cc3C)n1)C(=O)N(Cc1cc(C(F)(F)F)cc(C(F)(F)F)c1)CCCO2. The van der Waals surface area contributed by atoms with Crippen LogP contribution in [-0.2, 0) is 18.9 Å². The van der Waals surface area contributed by atoms with Gasteiger partial charge in [-0.2, -0.15) is 31.3 Å². The summed E-state index contributed by atoms with van der Waals surface area (Å²) in [5.74, 6) is -1.32. The van der Waals surface area contributed by atoms with Crippen molar-refractivity contribution in [3.63, 3.8) is 0 Å². The van der Waals surface area contributed by atoms with Crippen LogP contribution in [0.15, 0.2) is 41.6 Å². The number of carbonyl (C=O) groups excluding carboxylic acids is 1. The number of rotatable bonds is 4. The molecule has 3 aromatic rings. The number of carbonyl (C=O) groups is 1. The Kier molecular flexibility index (Phi) is 7.60. The Balaban J connectivity index is 1.83. The molecule has 1 amide bonds. The van der Waals surface area contributed by atoms with Gasteiger partial charge in [0.2, 0.25) is 5.88 Å². The maximum Gasteiger partial charge on any atom is 0.416 e. The van der Waals surface area contributed by atoms with Gasteiger partial charge in [0, 0.05) is 18.7 Å². The first-order valence-electron chi connectivity index (χ1n) is 11.2. The van der Waals surface area contributed by atoms with E-state index in [-0.39, 0.29) is 53.5 Å². The number of thioether (sulfide) groups is 1. The molecular formula is C25H20F7N3O2S. The van der Waals surface area contributed by atoms with E-state index in [1.807, 2.05) is 0 Å². The van der Waals surface area contributed by atoms with Crippen LogP contribution in [0.4, 0.5) is 30.7 Å². The van der Waals surface area contributed by atoms with E-state index in [2.05, 4.69) is 9.97 Å². The fraction of sp³-hybridized carbons (Fsp3) is 0.320. The van der Waals surface area contributed by atoms with Gasteiger partial charge in [-0.1, -0.05) is 11.8 Å². The zero-order chi connectivity index (χ0) is 27.8. The maximum atomic E-state index is 13.8. The molecule has 0 spiro atoms. The number of nitrogens with zero attached hydrogens (tertiary/aromatic N) is 3. The van der Waals surface area contributed by atoms with E-state index in [1.54, 1.807) is 13.2 Å². The van der Waals surface area contributed by atoms with Crippen LogP contribution in [0.1, 0.15) is 39.0 Å². The second-order valence-corrected chi connectivity index (χ2v) is 9.31. The highest BCUT2D eigenvalue weighted by molar-refractivity contribution is 7.98. The topological polar surface area (TPSA) is 55.3 Å². The third-order valence-electron chi connectivity index (χ3n) is 5.81. The molecule has 202 valence electrons. The van der Waals surface area contributed by atoms with Crippen LogP contribution in [0.5, 0.6) is 5.88 Å². The van der Waals surface area contributed by atoms with Crippen molar-refractivity contribution in [2.75, 3.05) is 19.4 Å². The molecule has 0 unspecified atom stereocenters. The summed E-state index contributed by atoms with van der Waals surface area (Å²) < 4.78 is 99.7. The van der Waals surface area contributed by atoms with Crippen molar-refractivity contribution in [3.8, 4) is 17.1 Å². The van der Waals surface area contributed by atoms with Gasteiger partial charge in [0.25, 0.3) is 5.91 Å². The normalized spacial score (nSPS) is 14.6. The lowest BCUT2D eigenvalue weighted by Gasteiger charge is -2.28. The summed E-state index contributed by atoms with van der Waals surface area (Å²) in [4.78, 5) is 23.6. The second-order valence-electron chi connectivity index (χ2n) is 8.54. The number of aryl methyl sites for hydroxylation is 1. The lowest BCUT2D eigenvalue weighted by Crippen LogP contribution is -2.35. The number of fused-ring (bicyclic) bond motifs is 1. The molecule has 13 heteroatoms. The monoisotopic (exact) mass is 559 g/mol. The predicted molar refractivity (Wildman–Crippen MR) is 125 cm³/mol. The molecule has 1 aromatic heterocycles. The Morgan fingerprint density at radius 1 is 1.00 bits per heavy atom. The molecule has 0 atom stereocenters. The molecule has 0 saturated carbocycles. The van der Waals surface area contributed by atoms with Crippen LogP contribution in [0.2, 0.25) is 0 Å². The fourth-order valence-corrected chi connectivity index (χ4v) is 4.42. The number of hydrogen-bond acceptors (Lipinski definition) is 5. The molecule has 0 bridgehead atoms. The minimum atomic E-state index is -5.02. The molecule has 0 N–H and O–H groups in total. The van der Waals surface area contributed by atoms with E-state index >= 15 is 0 Å². The van der Waals surface area contributed by atoms with Crippen LogP contribution < -0.4 is 4.74 Å². The Morgan fingerprint density at radius 3 is 2.24 bits per heavy atom. The molecule has 38 heavy (non-hydrogen) atoms. The minimum Gasteiger partial charge on any atom is -0.477 e. The van der Waals surface area contributed by atoms with Crippen molar-refractivity contribution >= 4 is 17.7 Å². The summed E-state index contributed by atoms with van der Waals surface area (Å²) in [6.45, 7) is 1.15. The van der Waals surface area contributed by atoms with Crippen molar-refractivity contribution in [3.05, 3.63) is 70.0 Å². The first-order valence-corrected chi connectivity index (χ1v) is 12.4. The van der Waals surface area contributed by atoms with Crippen molar-refractivity contribution in [1.82, 2.24) is 14.9 Å². The number of benzene rings is 2. The molecule has 0 radical (unpaired) electrons. The van der Waals surface area contributed by atoms with Gasteiger partial charge in [0.05, 0.1) is 23.4 Å².